The second kappa shape index (κ2) is 6.27. The van der Waals surface area contributed by atoms with E-state index in [2.05, 4.69) is 20.9 Å². The molecule has 0 saturated carbocycles. The van der Waals surface area contributed by atoms with Gasteiger partial charge in [0, 0.05) is 10.7 Å². The lowest BCUT2D eigenvalue weighted by Gasteiger charge is -2.26. The fraction of sp³-hybridized carbons (Fsp3) is 0.133. The first-order valence-electron chi connectivity index (χ1n) is 6.67. The highest BCUT2D eigenvalue weighted by Crippen LogP contribution is 2.32. The first-order valence-corrected chi connectivity index (χ1v) is 7.84. The summed E-state index contributed by atoms with van der Waals surface area (Å²) in [5.41, 5.74) is 0.776. The summed E-state index contributed by atoms with van der Waals surface area (Å²) in [7, 11) is 0. The SMILES string of the molecule is O=C1CN(C(=O)c2cccnc2Cl)C(c2cccc(Br)c2)N1O. The lowest BCUT2D eigenvalue weighted by molar-refractivity contribution is -0.168. The quantitative estimate of drug-likeness (QED) is 0.626. The van der Waals surface area contributed by atoms with Gasteiger partial charge in [0.1, 0.15) is 11.7 Å². The highest BCUT2D eigenvalue weighted by atomic mass is 79.9. The van der Waals surface area contributed by atoms with Gasteiger partial charge < -0.3 is 4.90 Å². The van der Waals surface area contributed by atoms with Crippen molar-refractivity contribution in [3.63, 3.8) is 0 Å². The molecule has 1 unspecified atom stereocenters. The van der Waals surface area contributed by atoms with E-state index >= 15 is 0 Å². The molecule has 118 valence electrons. The predicted octanol–water partition coefficient (Wildman–Crippen LogP) is 2.87. The van der Waals surface area contributed by atoms with Gasteiger partial charge in [0.05, 0.1) is 5.56 Å². The Morgan fingerprint density at radius 1 is 1.35 bits per heavy atom. The molecule has 1 aromatic heterocycles. The van der Waals surface area contributed by atoms with Crippen LogP contribution in [0.1, 0.15) is 22.1 Å². The summed E-state index contributed by atoms with van der Waals surface area (Å²) in [6, 6.07) is 10.1. The van der Waals surface area contributed by atoms with Crippen LogP contribution in [-0.2, 0) is 4.79 Å². The molecule has 2 heterocycles. The largest absolute Gasteiger partial charge is 0.302 e. The van der Waals surface area contributed by atoms with Crippen molar-refractivity contribution in [2.75, 3.05) is 6.54 Å². The van der Waals surface area contributed by atoms with E-state index in [9.17, 15) is 14.8 Å². The smallest absolute Gasteiger partial charge is 0.267 e. The molecule has 23 heavy (non-hydrogen) atoms. The van der Waals surface area contributed by atoms with Crippen molar-refractivity contribution in [3.8, 4) is 0 Å². The Bertz CT molecular complexity index is 786. The highest BCUT2D eigenvalue weighted by Gasteiger charge is 2.42. The Morgan fingerprint density at radius 3 is 2.83 bits per heavy atom. The molecule has 0 aliphatic carbocycles. The van der Waals surface area contributed by atoms with Crippen molar-refractivity contribution in [3.05, 3.63) is 63.3 Å². The van der Waals surface area contributed by atoms with E-state index in [1.807, 2.05) is 6.07 Å². The van der Waals surface area contributed by atoms with Gasteiger partial charge in [0.15, 0.2) is 6.17 Å². The molecule has 1 aliphatic rings. The fourth-order valence-corrected chi connectivity index (χ4v) is 3.06. The predicted molar refractivity (Wildman–Crippen MR) is 85.8 cm³/mol. The standard InChI is InChI=1S/C15H11BrClN3O3/c16-10-4-1-3-9(7-10)14-19(8-12(21)20(14)23)15(22)11-5-2-6-18-13(11)17/h1-7,14,23H,8H2. The second-order valence-corrected chi connectivity index (χ2v) is 6.22. The van der Waals surface area contributed by atoms with Gasteiger partial charge in [-0.05, 0) is 29.8 Å². The third-order valence-corrected chi connectivity index (χ3v) is 4.28. The molecular formula is C15H11BrClN3O3. The molecule has 1 fully saturated rings. The minimum Gasteiger partial charge on any atom is -0.302 e. The van der Waals surface area contributed by atoms with Crippen LogP contribution in [0.3, 0.4) is 0 Å². The van der Waals surface area contributed by atoms with Gasteiger partial charge >= 0.3 is 0 Å². The topological polar surface area (TPSA) is 73.7 Å². The zero-order valence-electron chi connectivity index (χ0n) is 11.7. The van der Waals surface area contributed by atoms with Crippen LogP contribution >= 0.6 is 27.5 Å². The van der Waals surface area contributed by atoms with Gasteiger partial charge in [-0.25, -0.2) is 4.98 Å². The van der Waals surface area contributed by atoms with E-state index in [-0.39, 0.29) is 17.3 Å². The Balaban J connectivity index is 2.01. The number of amides is 2. The summed E-state index contributed by atoms with van der Waals surface area (Å²) < 4.78 is 0.773. The maximum atomic E-state index is 12.7. The van der Waals surface area contributed by atoms with Crippen LogP contribution in [-0.4, -0.2) is 38.5 Å². The lowest BCUT2D eigenvalue weighted by Crippen LogP contribution is -2.34. The van der Waals surface area contributed by atoms with Crippen LogP contribution in [0.2, 0.25) is 5.15 Å². The minimum atomic E-state index is -0.913. The summed E-state index contributed by atoms with van der Waals surface area (Å²) in [6.07, 6.45) is 0.557. The third-order valence-electron chi connectivity index (χ3n) is 3.49. The molecule has 1 saturated heterocycles. The maximum Gasteiger partial charge on any atom is 0.267 e. The van der Waals surface area contributed by atoms with Crippen molar-refractivity contribution < 1.29 is 14.8 Å². The molecule has 1 aliphatic heterocycles. The van der Waals surface area contributed by atoms with Crippen molar-refractivity contribution >= 4 is 39.3 Å². The van der Waals surface area contributed by atoms with Crippen molar-refractivity contribution in [2.45, 2.75) is 6.17 Å². The van der Waals surface area contributed by atoms with Crippen molar-refractivity contribution in [2.24, 2.45) is 0 Å². The normalized spacial score (nSPS) is 17.7. The monoisotopic (exact) mass is 395 g/mol. The van der Waals surface area contributed by atoms with Crippen LogP contribution in [0.15, 0.2) is 47.1 Å². The first kappa shape index (κ1) is 15.9. The Morgan fingerprint density at radius 2 is 2.13 bits per heavy atom. The molecule has 1 aromatic carbocycles. The number of benzene rings is 1. The maximum absolute atomic E-state index is 12.7. The van der Waals surface area contributed by atoms with E-state index in [1.165, 1.54) is 17.2 Å². The van der Waals surface area contributed by atoms with E-state index in [0.29, 0.717) is 10.6 Å². The third kappa shape index (κ3) is 2.95. The van der Waals surface area contributed by atoms with Gasteiger partial charge in [-0.1, -0.05) is 39.7 Å². The van der Waals surface area contributed by atoms with E-state index < -0.39 is 18.0 Å². The number of carbonyl (C=O) groups excluding carboxylic acids is 2. The highest BCUT2D eigenvalue weighted by molar-refractivity contribution is 9.10. The van der Waals surface area contributed by atoms with Gasteiger partial charge in [-0.2, -0.15) is 5.06 Å². The molecule has 0 bridgehead atoms. The van der Waals surface area contributed by atoms with Crippen LogP contribution in [0, 0.1) is 0 Å². The summed E-state index contributed by atoms with van der Waals surface area (Å²) in [5, 5.41) is 10.7. The lowest BCUT2D eigenvalue weighted by atomic mass is 10.1. The molecule has 2 amide bonds. The summed E-state index contributed by atoms with van der Waals surface area (Å²) in [6.45, 7) is -0.238. The molecule has 0 radical (unpaired) electrons. The number of hydrogen-bond donors (Lipinski definition) is 1. The molecule has 2 aromatic rings. The summed E-state index contributed by atoms with van der Waals surface area (Å²) in [5.74, 6) is -1.04. The van der Waals surface area contributed by atoms with Gasteiger partial charge in [-0.15, -0.1) is 0 Å². The number of carbonyl (C=O) groups is 2. The Kier molecular flexibility index (Phi) is 4.34. The molecular weight excluding hydrogens is 386 g/mol. The average Bonchev–Trinajstić information content (AvgIpc) is 2.83. The number of hydrogen-bond acceptors (Lipinski definition) is 4. The summed E-state index contributed by atoms with van der Waals surface area (Å²) >= 11 is 9.30. The van der Waals surface area contributed by atoms with Crippen LogP contribution in [0.5, 0.6) is 0 Å². The van der Waals surface area contributed by atoms with Crippen molar-refractivity contribution in [1.82, 2.24) is 14.9 Å². The summed E-state index contributed by atoms with van der Waals surface area (Å²) in [4.78, 5) is 29.8. The number of halogens is 2. The number of pyridine rings is 1. The molecule has 8 heteroatoms. The average molecular weight is 397 g/mol. The Labute approximate surface area is 145 Å². The van der Waals surface area contributed by atoms with E-state index in [4.69, 9.17) is 11.6 Å². The number of rotatable bonds is 2. The molecule has 0 spiro atoms. The number of nitrogens with zero attached hydrogens (tertiary/aromatic N) is 3. The zero-order chi connectivity index (χ0) is 16.6. The molecule has 3 rings (SSSR count). The second-order valence-electron chi connectivity index (χ2n) is 4.94. The Hall–Kier alpha value is -1.96. The molecule has 1 atom stereocenters. The van der Waals surface area contributed by atoms with Gasteiger partial charge in [0.2, 0.25) is 0 Å². The van der Waals surface area contributed by atoms with E-state index in [1.54, 1.807) is 24.3 Å². The first-order chi connectivity index (χ1) is 11.0. The van der Waals surface area contributed by atoms with Crippen LogP contribution in [0.4, 0.5) is 0 Å². The molecule has 6 nitrogen and oxygen atoms in total. The number of hydroxylamine groups is 2. The number of aromatic nitrogens is 1. The van der Waals surface area contributed by atoms with E-state index in [0.717, 1.165) is 4.47 Å². The van der Waals surface area contributed by atoms with Crippen molar-refractivity contribution in [1.29, 1.82) is 0 Å². The molecule has 1 N–H and O–H groups in total. The van der Waals surface area contributed by atoms with Gasteiger partial charge in [-0.3, -0.25) is 14.8 Å². The minimum absolute atomic E-state index is 0.0503. The van der Waals surface area contributed by atoms with Gasteiger partial charge in [0.25, 0.3) is 11.8 Å². The van der Waals surface area contributed by atoms with Crippen LogP contribution < -0.4 is 0 Å². The fourth-order valence-electron chi connectivity index (χ4n) is 2.44. The van der Waals surface area contributed by atoms with Crippen LogP contribution in [0.25, 0.3) is 0 Å². The zero-order valence-corrected chi connectivity index (χ0v) is 14.0.